The number of amides is 1. The van der Waals surface area contributed by atoms with E-state index < -0.39 is 0 Å². The van der Waals surface area contributed by atoms with Gasteiger partial charge in [0.2, 0.25) is 5.91 Å². The zero-order valence-electron chi connectivity index (χ0n) is 17.9. The van der Waals surface area contributed by atoms with Crippen molar-refractivity contribution < 1.29 is 19.1 Å². The summed E-state index contributed by atoms with van der Waals surface area (Å²) >= 11 is 0. The molecule has 1 saturated heterocycles. The highest BCUT2D eigenvalue weighted by Gasteiger charge is 2.34. The van der Waals surface area contributed by atoms with Crippen molar-refractivity contribution in [2.75, 3.05) is 26.4 Å². The van der Waals surface area contributed by atoms with E-state index in [-0.39, 0.29) is 29.9 Å². The minimum absolute atomic E-state index is 0.00237. The third-order valence-corrected chi connectivity index (χ3v) is 5.80. The number of benzene rings is 2. The minimum Gasteiger partial charge on any atom is -0.494 e. The first-order chi connectivity index (χ1) is 14.5. The fourth-order valence-electron chi connectivity index (χ4n) is 3.87. The van der Waals surface area contributed by atoms with E-state index in [0.717, 1.165) is 24.2 Å². The van der Waals surface area contributed by atoms with Crippen LogP contribution in [0.15, 0.2) is 48.5 Å². The van der Waals surface area contributed by atoms with Crippen molar-refractivity contribution in [3.8, 4) is 5.75 Å². The zero-order chi connectivity index (χ0) is 21.4. The first-order valence-corrected chi connectivity index (χ1v) is 10.7. The van der Waals surface area contributed by atoms with Gasteiger partial charge in [-0.25, -0.2) is 0 Å². The molecule has 0 saturated carbocycles. The summed E-state index contributed by atoms with van der Waals surface area (Å²) in [4.78, 5) is 24.8. The molecule has 0 atom stereocenters. The van der Waals surface area contributed by atoms with Crippen LogP contribution >= 0.6 is 0 Å². The van der Waals surface area contributed by atoms with Crippen LogP contribution in [0.3, 0.4) is 0 Å². The molecule has 0 aromatic heterocycles. The maximum absolute atomic E-state index is 12.5. The number of carbonyl (C=O) groups is 2. The first-order valence-electron chi connectivity index (χ1n) is 10.7. The summed E-state index contributed by atoms with van der Waals surface area (Å²) < 4.78 is 11.1. The van der Waals surface area contributed by atoms with Gasteiger partial charge in [0.15, 0.2) is 5.78 Å². The fraction of sp³-hybridized carbons (Fsp3) is 0.440. The van der Waals surface area contributed by atoms with E-state index in [2.05, 4.69) is 17.4 Å². The Hall–Kier alpha value is -2.66. The Bertz CT molecular complexity index is 836. The summed E-state index contributed by atoms with van der Waals surface area (Å²) in [5, 5.41) is 3.07. The summed E-state index contributed by atoms with van der Waals surface area (Å²) in [5.74, 6) is 0.756. The first kappa shape index (κ1) is 22.0. The van der Waals surface area contributed by atoms with Gasteiger partial charge in [0.05, 0.1) is 6.61 Å². The molecule has 30 heavy (non-hydrogen) atoms. The molecular formula is C25H31NO4. The van der Waals surface area contributed by atoms with E-state index in [1.807, 2.05) is 50.2 Å². The number of aryl methyl sites for hydroxylation is 1. The Morgan fingerprint density at radius 2 is 1.67 bits per heavy atom. The number of carbonyl (C=O) groups excluding carboxylic acids is 2. The molecule has 1 aliphatic heterocycles. The predicted molar refractivity (Wildman–Crippen MR) is 117 cm³/mol. The lowest BCUT2D eigenvalue weighted by Gasteiger charge is -2.38. The van der Waals surface area contributed by atoms with Crippen molar-refractivity contribution >= 4 is 11.7 Å². The van der Waals surface area contributed by atoms with Gasteiger partial charge >= 0.3 is 0 Å². The van der Waals surface area contributed by atoms with Crippen LogP contribution in [0.4, 0.5) is 0 Å². The second-order valence-electron chi connectivity index (χ2n) is 7.92. The van der Waals surface area contributed by atoms with E-state index in [0.29, 0.717) is 31.9 Å². The molecule has 160 valence electrons. The molecular weight excluding hydrogens is 378 g/mol. The van der Waals surface area contributed by atoms with Gasteiger partial charge in [-0.1, -0.05) is 42.0 Å². The molecule has 0 radical (unpaired) electrons. The molecule has 2 aromatic carbocycles. The van der Waals surface area contributed by atoms with E-state index in [1.165, 1.54) is 5.56 Å². The molecule has 1 amide bonds. The second kappa shape index (κ2) is 10.4. The van der Waals surface area contributed by atoms with Crippen LogP contribution in [-0.2, 0) is 14.9 Å². The minimum atomic E-state index is -0.153. The largest absolute Gasteiger partial charge is 0.494 e. The number of Topliss-reactive ketones (excluding diaryl/α,β-unsaturated/α-hetero) is 1. The number of rotatable bonds is 9. The molecule has 0 unspecified atom stereocenters. The summed E-state index contributed by atoms with van der Waals surface area (Å²) in [7, 11) is 0. The number of hydrogen-bond donors (Lipinski definition) is 1. The van der Waals surface area contributed by atoms with Gasteiger partial charge in [0.25, 0.3) is 0 Å². The number of nitrogens with one attached hydrogen (secondary N) is 1. The number of hydrogen-bond acceptors (Lipinski definition) is 4. The summed E-state index contributed by atoms with van der Waals surface area (Å²) in [6, 6.07) is 15.6. The Kier molecular flexibility index (Phi) is 7.63. The molecule has 5 heteroatoms. The van der Waals surface area contributed by atoms with Crippen molar-refractivity contribution in [1.82, 2.24) is 5.32 Å². The topological polar surface area (TPSA) is 64.6 Å². The standard InChI is InChI=1S/C25H31NO4/c1-3-30-22-10-8-21(9-11-22)25(14-16-29-17-15-25)18-26-24(28)13-12-23(27)20-6-4-19(2)5-7-20/h4-11H,3,12-18H2,1-2H3,(H,26,28). The molecule has 1 fully saturated rings. The highest BCUT2D eigenvalue weighted by molar-refractivity contribution is 5.97. The number of ketones is 1. The average Bonchev–Trinajstić information content (AvgIpc) is 2.78. The predicted octanol–water partition coefficient (Wildman–Crippen LogP) is 4.22. The van der Waals surface area contributed by atoms with Gasteiger partial charge in [0.1, 0.15) is 5.75 Å². The summed E-state index contributed by atoms with van der Waals surface area (Å²) in [5.41, 5.74) is 2.80. The average molecular weight is 410 g/mol. The number of ether oxygens (including phenoxy) is 2. The molecule has 0 aliphatic carbocycles. The van der Waals surface area contributed by atoms with Gasteiger partial charge in [0, 0.05) is 43.6 Å². The molecule has 2 aromatic rings. The summed E-state index contributed by atoms with van der Waals surface area (Å²) in [6.07, 6.45) is 2.11. The lowest BCUT2D eigenvalue weighted by atomic mass is 9.74. The van der Waals surface area contributed by atoms with Gasteiger partial charge in [-0.05, 0) is 44.4 Å². The third-order valence-electron chi connectivity index (χ3n) is 5.80. The lowest BCUT2D eigenvalue weighted by Crippen LogP contribution is -2.44. The van der Waals surface area contributed by atoms with Crippen molar-refractivity contribution in [3.05, 3.63) is 65.2 Å². The fourth-order valence-corrected chi connectivity index (χ4v) is 3.87. The van der Waals surface area contributed by atoms with Gasteiger partial charge in [-0.15, -0.1) is 0 Å². The maximum Gasteiger partial charge on any atom is 0.220 e. The van der Waals surface area contributed by atoms with Crippen LogP contribution in [0.2, 0.25) is 0 Å². The molecule has 0 spiro atoms. The van der Waals surface area contributed by atoms with Crippen LogP contribution in [0, 0.1) is 6.92 Å². The third kappa shape index (κ3) is 5.70. The van der Waals surface area contributed by atoms with Crippen molar-refractivity contribution in [2.24, 2.45) is 0 Å². The monoisotopic (exact) mass is 409 g/mol. The van der Waals surface area contributed by atoms with Crippen LogP contribution in [0.5, 0.6) is 5.75 Å². The van der Waals surface area contributed by atoms with E-state index >= 15 is 0 Å². The zero-order valence-corrected chi connectivity index (χ0v) is 17.9. The Labute approximate surface area is 178 Å². The molecule has 0 bridgehead atoms. The molecule has 1 N–H and O–H groups in total. The summed E-state index contributed by atoms with van der Waals surface area (Å²) in [6.45, 7) is 6.48. The molecule has 5 nitrogen and oxygen atoms in total. The Morgan fingerprint density at radius 3 is 2.30 bits per heavy atom. The van der Waals surface area contributed by atoms with Crippen molar-refractivity contribution in [2.45, 2.75) is 44.9 Å². The van der Waals surface area contributed by atoms with E-state index in [1.54, 1.807) is 0 Å². The smallest absolute Gasteiger partial charge is 0.220 e. The van der Waals surface area contributed by atoms with Gasteiger partial charge in [-0.3, -0.25) is 9.59 Å². The van der Waals surface area contributed by atoms with Crippen LogP contribution < -0.4 is 10.1 Å². The van der Waals surface area contributed by atoms with E-state index in [9.17, 15) is 9.59 Å². The highest BCUT2D eigenvalue weighted by Crippen LogP contribution is 2.35. The molecule has 1 aliphatic rings. The second-order valence-corrected chi connectivity index (χ2v) is 7.92. The van der Waals surface area contributed by atoms with E-state index in [4.69, 9.17) is 9.47 Å². The van der Waals surface area contributed by atoms with Crippen molar-refractivity contribution in [3.63, 3.8) is 0 Å². The molecule has 3 rings (SSSR count). The van der Waals surface area contributed by atoms with Gasteiger partial charge < -0.3 is 14.8 Å². The SMILES string of the molecule is CCOc1ccc(C2(CNC(=O)CCC(=O)c3ccc(C)cc3)CCOCC2)cc1. The normalized spacial score (nSPS) is 15.4. The quantitative estimate of drug-likeness (QED) is 0.630. The lowest BCUT2D eigenvalue weighted by molar-refractivity contribution is -0.121. The molecule has 1 heterocycles. The van der Waals surface area contributed by atoms with Crippen LogP contribution in [0.25, 0.3) is 0 Å². The Balaban J connectivity index is 1.58. The highest BCUT2D eigenvalue weighted by atomic mass is 16.5. The van der Waals surface area contributed by atoms with Crippen molar-refractivity contribution in [1.29, 1.82) is 0 Å². The van der Waals surface area contributed by atoms with Crippen LogP contribution in [-0.4, -0.2) is 38.1 Å². The van der Waals surface area contributed by atoms with Crippen LogP contribution in [0.1, 0.15) is 54.1 Å². The maximum atomic E-state index is 12.5. The van der Waals surface area contributed by atoms with Gasteiger partial charge in [-0.2, -0.15) is 0 Å². The Morgan fingerprint density at radius 1 is 1.00 bits per heavy atom.